The van der Waals surface area contributed by atoms with Gasteiger partial charge in [-0.05, 0) is 69.7 Å². The number of amides is 5. The summed E-state index contributed by atoms with van der Waals surface area (Å²) in [6.45, 7) is 19.7. The molecular formula is C62H99N7O25. The van der Waals surface area contributed by atoms with Gasteiger partial charge in [0.15, 0.2) is 6.10 Å². The van der Waals surface area contributed by atoms with E-state index in [2.05, 4.69) is 26.3 Å². The summed E-state index contributed by atoms with van der Waals surface area (Å²) >= 11 is 0. The van der Waals surface area contributed by atoms with Gasteiger partial charge >= 0.3 is 11.9 Å². The summed E-state index contributed by atoms with van der Waals surface area (Å²) < 4.78 is 77.9. The Morgan fingerprint density at radius 3 is 1.53 bits per heavy atom. The zero-order valence-corrected chi connectivity index (χ0v) is 55.1. The third kappa shape index (κ3) is 30.8. The largest absolute Gasteiger partial charge is 0.479 e. The van der Waals surface area contributed by atoms with E-state index in [0.717, 1.165) is 17.1 Å². The van der Waals surface area contributed by atoms with Crippen molar-refractivity contribution in [1.29, 1.82) is 0 Å². The summed E-state index contributed by atoms with van der Waals surface area (Å²) in [4.78, 5) is 92.4. The number of carbonyl (C=O) groups excluding carboxylic acids is 6. The summed E-state index contributed by atoms with van der Waals surface area (Å²) in [5, 5.41) is 57.1. The molecule has 1 fully saturated rings. The average molecular weight is 1340 g/mol. The van der Waals surface area contributed by atoms with Gasteiger partial charge in [0.25, 0.3) is 11.8 Å². The molecule has 8 atom stereocenters. The lowest BCUT2D eigenvalue weighted by molar-refractivity contribution is -0.228. The number of hydrogen-bond donors (Lipinski definition) is 7. The maximum Gasteiger partial charge on any atom is 0.335 e. The topological polar surface area (TPSA) is 400 Å². The molecular weight excluding hydrogens is 1240 g/mol. The highest BCUT2D eigenvalue weighted by Gasteiger charge is 2.46. The SMILES string of the molecule is COCCOCCOCCOCCOCCOCCOCCOCCOCCOCCOCCOCCn1cc([C@@H](CC(=O)N[C@H](C(=O)N[C@@H](C)C(=O)Nc2ccc(COC(=O)C(C)(C)C)c(CC[C@@H]3O[C@H](C(=O)O)[C@@H](O)[C@H](O)[C@H]3O)c2)C(C)C)N2C(=O)C=CC2=O)nn1. The third-order valence-electron chi connectivity index (χ3n) is 14.2. The molecule has 32 nitrogen and oxygen atoms in total. The molecule has 0 aliphatic carbocycles. The smallest absolute Gasteiger partial charge is 0.335 e. The number of aliphatic hydroxyl groups is 3. The summed E-state index contributed by atoms with van der Waals surface area (Å²) in [5.41, 5.74) is 0.531. The number of nitrogens with zero attached hydrogens (tertiary/aromatic N) is 4. The number of benzene rings is 1. The van der Waals surface area contributed by atoms with E-state index in [1.165, 1.54) is 23.9 Å². The average Bonchev–Trinajstić information content (AvgIpc) is 1.43. The van der Waals surface area contributed by atoms with E-state index in [0.29, 0.717) is 150 Å². The highest BCUT2D eigenvalue weighted by atomic mass is 16.6. The van der Waals surface area contributed by atoms with Gasteiger partial charge in [-0.1, -0.05) is 25.1 Å². The van der Waals surface area contributed by atoms with E-state index < -0.39 is 108 Å². The van der Waals surface area contributed by atoms with Crippen molar-refractivity contribution in [2.75, 3.05) is 164 Å². The van der Waals surface area contributed by atoms with Crippen LogP contribution in [0.1, 0.15) is 77.2 Å². The van der Waals surface area contributed by atoms with Crippen LogP contribution in [-0.2, 0) is 119 Å². The fraction of sp³-hybridized carbons (Fsp3) is 0.726. The first-order valence-electron chi connectivity index (χ1n) is 31.5. The first-order valence-corrected chi connectivity index (χ1v) is 31.5. The number of aryl methyl sites for hydroxylation is 1. The molecule has 32 heteroatoms. The predicted molar refractivity (Wildman–Crippen MR) is 331 cm³/mol. The zero-order valence-electron chi connectivity index (χ0n) is 55.1. The number of carboxylic acids is 1. The van der Waals surface area contributed by atoms with Crippen LogP contribution in [0.3, 0.4) is 0 Å². The monoisotopic (exact) mass is 1340 g/mol. The van der Waals surface area contributed by atoms with Crippen molar-refractivity contribution in [2.24, 2.45) is 11.3 Å². The number of ether oxygens (including phenoxy) is 14. The van der Waals surface area contributed by atoms with Crippen LogP contribution in [0, 0.1) is 11.3 Å². The number of aliphatic hydroxyl groups excluding tert-OH is 3. The van der Waals surface area contributed by atoms with Gasteiger partial charge in [-0.25, -0.2) is 9.48 Å². The number of rotatable bonds is 52. The van der Waals surface area contributed by atoms with Crippen molar-refractivity contribution in [3.05, 3.63) is 53.4 Å². The van der Waals surface area contributed by atoms with Crippen LogP contribution in [0.4, 0.5) is 5.69 Å². The van der Waals surface area contributed by atoms with Crippen molar-refractivity contribution in [3.8, 4) is 0 Å². The molecule has 532 valence electrons. The number of hydrogen-bond acceptors (Lipinski definition) is 26. The Labute approximate surface area is 548 Å². The zero-order chi connectivity index (χ0) is 68.7. The molecule has 2 aromatic rings. The molecule has 1 saturated heterocycles. The number of anilines is 1. The molecule has 3 heterocycles. The molecule has 1 aromatic carbocycles. The van der Waals surface area contributed by atoms with Crippen LogP contribution in [0.15, 0.2) is 36.5 Å². The molecule has 5 amide bonds. The number of methoxy groups -OCH3 is 1. The Bertz CT molecular complexity index is 2570. The van der Waals surface area contributed by atoms with Crippen molar-refractivity contribution in [3.63, 3.8) is 0 Å². The summed E-state index contributed by atoms with van der Waals surface area (Å²) in [7, 11) is 1.63. The molecule has 0 saturated carbocycles. The van der Waals surface area contributed by atoms with E-state index in [-0.39, 0.29) is 50.6 Å². The first kappa shape index (κ1) is 80.4. The number of carboxylic acid groups (broad SMARTS) is 1. The van der Waals surface area contributed by atoms with Gasteiger partial charge in [0.05, 0.1) is 189 Å². The molecule has 0 unspecified atom stereocenters. The van der Waals surface area contributed by atoms with E-state index >= 15 is 0 Å². The molecule has 94 heavy (non-hydrogen) atoms. The molecule has 4 rings (SSSR count). The number of nitrogens with one attached hydrogen (secondary N) is 3. The van der Waals surface area contributed by atoms with Crippen molar-refractivity contribution in [2.45, 2.75) is 123 Å². The Balaban J connectivity index is 1.09. The van der Waals surface area contributed by atoms with Gasteiger partial charge in [0.2, 0.25) is 17.7 Å². The fourth-order valence-corrected chi connectivity index (χ4v) is 8.91. The van der Waals surface area contributed by atoms with Gasteiger partial charge in [-0.15, -0.1) is 5.10 Å². The maximum atomic E-state index is 13.8. The number of esters is 1. The second-order valence-electron chi connectivity index (χ2n) is 23.0. The Morgan fingerprint density at radius 2 is 1.09 bits per heavy atom. The minimum Gasteiger partial charge on any atom is -0.479 e. The van der Waals surface area contributed by atoms with Crippen LogP contribution >= 0.6 is 0 Å². The molecule has 2 aliphatic rings. The van der Waals surface area contributed by atoms with Crippen LogP contribution in [-0.4, -0.2) is 283 Å². The molecule has 2 aliphatic heterocycles. The minimum absolute atomic E-state index is 0.0603. The highest BCUT2D eigenvalue weighted by molar-refractivity contribution is 6.13. The van der Waals surface area contributed by atoms with Crippen molar-refractivity contribution in [1.82, 2.24) is 30.5 Å². The number of aromatic nitrogens is 3. The normalized spacial score (nSPS) is 18.4. The van der Waals surface area contributed by atoms with Gasteiger partial charge < -0.3 is 103 Å². The highest BCUT2D eigenvalue weighted by Crippen LogP contribution is 2.29. The number of aliphatic carboxylic acids is 1. The lowest BCUT2D eigenvalue weighted by Crippen LogP contribution is -2.59. The van der Waals surface area contributed by atoms with Crippen LogP contribution in [0.25, 0.3) is 0 Å². The van der Waals surface area contributed by atoms with Crippen LogP contribution in [0.5, 0.6) is 0 Å². The molecule has 1 aromatic heterocycles. The van der Waals surface area contributed by atoms with Gasteiger partial charge in [0, 0.05) is 24.9 Å². The van der Waals surface area contributed by atoms with Gasteiger partial charge in [-0.2, -0.15) is 0 Å². The lowest BCUT2D eigenvalue weighted by Gasteiger charge is -2.39. The van der Waals surface area contributed by atoms with E-state index in [9.17, 15) is 54.0 Å². The summed E-state index contributed by atoms with van der Waals surface area (Å²) in [6, 6.07) is 1.10. The molecule has 7 N–H and O–H groups in total. The second kappa shape index (κ2) is 45.4. The van der Waals surface area contributed by atoms with Crippen molar-refractivity contribution < 1.29 is 120 Å². The minimum atomic E-state index is -1.88. The first-order chi connectivity index (χ1) is 45.1. The van der Waals surface area contributed by atoms with Gasteiger partial charge in [0.1, 0.15) is 42.7 Å². The number of carbonyl (C=O) groups is 7. The van der Waals surface area contributed by atoms with E-state index in [1.54, 1.807) is 53.9 Å². The van der Waals surface area contributed by atoms with E-state index in [4.69, 9.17) is 66.3 Å². The lowest BCUT2D eigenvalue weighted by atomic mass is 9.91. The van der Waals surface area contributed by atoms with Crippen LogP contribution in [0.2, 0.25) is 0 Å². The fourth-order valence-electron chi connectivity index (χ4n) is 8.91. The van der Waals surface area contributed by atoms with Crippen molar-refractivity contribution >= 4 is 47.2 Å². The summed E-state index contributed by atoms with van der Waals surface area (Å²) in [6.07, 6.45) is -5.23. The molecule has 0 radical (unpaired) electrons. The Hall–Kier alpha value is -6.05. The Morgan fingerprint density at radius 1 is 0.617 bits per heavy atom. The quantitative estimate of drug-likeness (QED) is 0.0254. The summed E-state index contributed by atoms with van der Waals surface area (Å²) in [5.74, 6) is -6.02. The predicted octanol–water partition coefficient (Wildman–Crippen LogP) is -0.296. The number of imide groups is 1. The Kier molecular flexibility index (Phi) is 38.8. The van der Waals surface area contributed by atoms with E-state index in [1.807, 2.05) is 0 Å². The molecule has 0 bridgehead atoms. The standard InChI is InChI=1S/C62H99N7O25/c1-42(2)53(59(77)63-43(3)58(76)64-46-10-8-45(41-93-61(80)62(4,5)6)44(38-46)9-11-49-54(73)55(74)56(75)57(94-49)60(78)79)65-50(70)39-48(69-51(71)12-13-52(69)72)47-40-68(67-66-47)14-15-82-18-19-84-22-23-86-26-27-88-30-31-90-34-35-92-37-36-91-33-32-89-29-28-87-25-24-85-21-20-83-17-16-81-7/h8,10,12-13,38,40,42-43,48-49,53-57,73-75H,9,11,14-37,39,41H2,1-7H3,(H,63,77)(H,64,76)(H,65,70)(H,78,79)/t43-,48+,49-,53-,54-,55+,56-,57-/m0/s1. The van der Waals surface area contributed by atoms with Gasteiger partial charge in [-0.3, -0.25) is 33.7 Å². The second-order valence-corrected chi connectivity index (χ2v) is 23.0. The maximum absolute atomic E-state index is 13.8. The molecule has 0 spiro atoms. The third-order valence-corrected chi connectivity index (χ3v) is 14.2. The van der Waals surface area contributed by atoms with Crippen LogP contribution < -0.4 is 16.0 Å².